The molecule has 86 valence electrons. The molecule has 2 aliphatic heterocycles. The fraction of sp³-hybridized carbons (Fsp3) is 0.909. The molecule has 0 aliphatic carbocycles. The summed E-state index contributed by atoms with van der Waals surface area (Å²) in [6.45, 7) is 3.75. The molecule has 0 atom stereocenters. The quantitative estimate of drug-likeness (QED) is 0.729. The smallest absolute Gasteiger partial charge is 0.324 e. The molecule has 0 amide bonds. The average molecular weight is 212 g/mol. The first-order chi connectivity index (χ1) is 7.15. The van der Waals surface area contributed by atoms with Gasteiger partial charge in [0.2, 0.25) is 0 Å². The number of likely N-dealkylation sites (tertiary alicyclic amines) is 2. The van der Waals surface area contributed by atoms with Crippen LogP contribution in [0.2, 0.25) is 0 Å². The Hall–Kier alpha value is -0.610. The van der Waals surface area contributed by atoms with E-state index in [-0.39, 0.29) is 0 Å². The number of piperidine rings is 1. The number of hydrogen-bond acceptors (Lipinski definition) is 3. The summed E-state index contributed by atoms with van der Waals surface area (Å²) in [5.74, 6) is -0.613. The molecule has 0 aromatic heterocycles. The summed E-state index contributed by atoms with van der Waals surface area (Å²) in [4.78, 5) is 15.9. The highest BCUT2D eigenvalue weighted by molar-refractivity contribution is 5.79. The Balaban J connectivity index is 2.13. The Bertz CT molecular complexity index is 241. The second-order valence-corrected chi connectivity index (χ2v) is 4.83. The average Bonchev–Trinajstić information content (AvgIpc) is 2.72. The van der Waals surface area contributed by atoms with Crippen LogP contribution in [0.1, 0.15) is 25.7 Å². The summed E-state index contributed by atoms with van der Waals surface area (Å²) in [5.41, 5.74) is -0.553. The van der Waals surface area contributed by atoms with Gasteiger partial charge in [0.1, 0.15) is 5.54 Å². The van der Waals surface area contributed by atoms with Gasteiger partial charge in [0.25, 0.3) is 0 Å². The number of hydrogen-bond donors (Lipinski definition) is 1. The van der Waals surface area contributed by atoms with Gasteiger partial charge in [0.05, 0.1) is 0 Å². The van der Waals surface area contributed by atoms with E-state index >= 15 is 0 Å². The third-order valence-electron chi connectivity index (χ3n) is 3.92. The van der Waals surface area contributed by atoms with Crippen molar-refractivity contribution in [3.63, 3.8) is 0 Å². The molecule has 0 aromatic rings. The van der Waals surface area contributed by atoms with Gasteiger partial charge in [-0.15, -0.1) is 0 Å². The van der Waals surface area contributed by atoms with E-state index in [2.05, 4.69) is 16.8 Å². The number of rotatable bonds is 2. The molecule has 0 aromatic carbocycles. The Kier molecular flexibility index (Phi) is 2.98. The molecular weight excluding hydrogens is 192 g/mol. The second-order valence-electron chi connectivity index (χ2n) is 4.83. The topological polar surface area (TPSA) is 43.8 Å². The highest BCUT2D eigenvalue weighted by atomic mass is 16.4. The first kappa shape index (κ1) is 10.9. The molecule has 4 heteroatoms. The largest absolute Gasteiger partial charge is 0.480 e. The number of aliphatic carboxylic acids is 1. The van der Waals surface area contributed by atoms with Gasteiger partial charge in [0.15, 0.2) is 0 Å². The van der Waals surface area contributed by atoms with Gasteiger partial charge in [0, 0.05) is 13.1 Å². The van der Waals surface area contributed by atoms with E-state index in [1.165, 1.54) is 0 Å². The maximum atomic E-state index is 11.5. The minimum atomic E-state index is -0.613. The first-order valence-electron chi connectivity index (χ1n) is 5.82. The summed E-state index contributed by atoms with van der Waals surface area (Å²) in [6.07, 6.45) is 3.87. The van der Waals surface area contributed by atoms with Crippen LogP contribution in [-0.2, 0) is 4.79 Å². The first-order valence-corrected chi connectivity index (χ1v) is 5.82. The second kappa shape index (κ2) is 4.10. The van der Waals surface area contributed by atoms with Crippen LogP contribution in [0.15, 0.2) is 0 Å². The minimum absolute atomic E-state index is 0.553. The predicted molar refractivity (Wildman–Crippen MR) is 57.9 cm³/mol. The lowest BCUT2D eigenvalue weighted by molar-refractivity contribution is -0.154. The van der Waals surface area contributed by atoms with Gasteiger partial charge in [-0.2, -0.15) is 0 Å². The van der Waals surface area contributed by atoms with Gasteiger partial charge < -0.3 is 10.0 Å². The van der Waals surface area contributed by atoms with Crippen molar-refractivity contribution < 1.29 is 9.90 Å². The van der Waals surface area contributed by atoms with Gasteiger partial charge in [-0.05, 0) is 45.8 Å². The van der Waals surface area contributed by atoms with E-state index in [1.54, 1.807) is 0 Å². The van der Waals surface area contributed by atoms with Crippen LogP contribution in [-0.4, -0.2) is 59.6 Å². The van der Waals surface area contributed by atoms with E-state index in [9.17, 15) is 9.90 Å². The van der Waals surface area contributed by atoms with Crippen LogP contribution in [0.3, 0.4) is 0 Å². The fourth-order valence-electron chi connectivity index (χ4n) is 2.80. The zero-order valence-electron chi connectivity index (χ0n) is 9.41. The standard InChI is InChI=1S/C11H20N2O2/c1-12-8-4-11(5-9-12,10(14)15)13-6-2-3-7-13/h2-9H2,1H3,(H,14,15). The summed E-state index contributed by atoms with van der Waals surface area (Å²) in [6, 6.07) is 0. The zero-order chi connectivity index (χ0) is 10.9. The van der Waals surface area contributed by atoms with Crippen LogP contribution >= 0.6 is 0 Å². The van der Waals surface area contributed by atoms with Crippen LogP contribution in [0.4, 0.5) is 0 Å². The molecule has 2 aliphatic rings. The molecule has 0 saturated carbocycles. The highest BCUT2D eigenvalue weighted by Gasteiger charge is 2.46. The van der Waals surface area contributed by atoms with E-state index in [0.29, 0.717) is 0 Å². The molecule has 2 fully saturated rings. The van der Waals surface area contributed by atoms with Crippen molar-refractivity contribution in [2.75, 3.05) is 33.2 Å². The van der Waals surface area contributed by atoms with Crippen molar-refractivity contribution in [2.24, 2.45) is 0 Å². The van der Waals surface area contributed by atoms with Crippen molar-refractivity contribution in [3.8, 4) is 0 Å². The van der Waals surface area contributed by atoms with E-state index in [4.69, 9.17) is 0 Å². The molecule has 1 N–H and O–H groups in total. The van der Waals surface area contributed by atoms with E-state index in [0.717, 1.165) is 51.9 Å². The van der Waals surface area contributed by atoms with Crippen molar-refractivity contribution in [2.45, 2.75) is 31.2 Å². The Morgan fingerprint density at radius 2 is 1.67 bits per heavy atom. The van der Waals surface area contributed by atoms with Crippen molar-refractivity contribution in [1.29, 1.82) is 0 Å². The van der Waals surface area contributed by atoms with Gasteiger partial charge in [-0.1, -0.05) is 0 Å². The molecule has 15 heavy (non-hydrogen) atoms. The van der Waals surface area contributed by atoms with Crippen LogP contribution in [0, 0.1) is 0 Å². The van der Waals surface area contributed by atoms with Crippen LogP contribution in [0.25, 0.3) is 0 Å². The monoisotopic (exact) mass is 212 g/mol. The van der Waals surface area contributed by atoms with Crippen molar-refractivity contribution in [3.05, 3.63) is 0 Å². The summed E-state index contributed by atoms with van der Waals surface area (Å²) >= 11 is 0. The van der Waals surface area contributed by atoms with Crippen molar-refractivity contribution in [1.82, 2.24) is 9.80 Å². The minimum Gasteiger partial charge on any atom is -0.480 e. The predicted octanol–water partition coefficient (Wildman–Crippen LogP) is 0.631. The summed E-state index contributed by atoms with van der Waals surface area (Å²) in [7, 11) is 2.07. The SMILES string of the molecule is CN1CCC(C(=O)O)(N2CCCC2)CC1. The molecule has 4 nitrogen and oxygen atoms in total. The Morgan fingerprint density at radius 1 is 1.13 bits per heavy atom. The third kappa shape index (κ3) is 1.88. The molecule has 0 bridgehead atoms. The fourth-order valence-corrected chi connectivity index (χ4v) is 2.80. The molecule has 0 radical (unpaired) electrons. The van der Waals surface area contributed by atoms with E-state index in [1.807, 2.05) is 0 Å². The van der Waals surface area contributed by atoms with E-state index < -0.39 is 11.5 Å². The Labute approximate surface area is 90.9 Å². The Morgan fingerprint density at radius 3 is 2.13 bits per heavy atom. The third-order valence-corrected chi connectivity index (χ3v) is 3.92. The molecular formula is C11H20N2O2. The summed E-state index contributed by atoms with van der Waals surface area (Å²) in [5, 5.41) is 9.48. The van der Waals surface area contributed by atoms with Gasteiger partial charge in [-0.25, -0.2) is 0 Å². The lowest BCUT2D eigenvalue weighted by Gasteiger charge is -2.43. The molecule has 2 rings (SSSR count). The highest BCUT2D eigenvalue weighted by Crippen LogP contribution is 2.31. The normalized spacial score (nSPS) is 28.1. The van der Waals surface area contributed by atoms with Crippen LogP contribution in [0.5, 0.6) is 0 Å². The number of carbonyl (C=O) groups is 1. The zero-order valence-corrected chi connectivity index (χ0v) is 9.41. The number of nitrogens with zero attached hydrogens (tertiary/aromatic N) is 2. The van der Waals surface area contributed by atoms with Gasteiger partial charge >= 0.3 is 5.97 Å². The molecule has 2 heterocycles. The van der Waals surface area contributed by atoms with Crippen LogP contribution < -0.4 is 0 Å². The molecule has 0 unspecified atom stereocenters. The number of carboxylic acids is 1. The molecule has 2 saturated heterocycles. The van der Waals surface area contributed by atoms with Gasteiger partial charge in [-0.3, -0.25) is 9.69 Å². The maximum absolute atomic E-state index is 11.5. The molecule has 0 spiro atoms. The van der Waals surface area contributed by atoms with Crippen molar-refractivity contribution >= 4 is 5.97 Å². The summed E-state index contributed by atoms with van der Waals surface area (Å²) < 4.78 is 0. The lowest BCUT2D eigenvalue weighted by atomic mass is 9.86. The maximum Gasteiger partial charge on any atom is 0.324 e. The lowest BCUT2D eigenvalue weighted by Crippen LogP contribution is -2.58. The number of carboxylic acid groups (broad SMARTS) is 1.